The van der Waals surface area contributed by atoms with E-state index in [4.69, 9.17) is 21.1 Å². The maximum absolute atomic E-state index is 12.5. The Hall–Kier alpha value is -2.54. The van der Waals surface area contributed by atoms with Gasteiger partial charge in [-0.1, -0.05) is 11.6 Å². The van der Waals surface area contributed by atoms with Crippen molar-refractivity contribution in [2.75, 3.05) is 24.9 Å². The molecule has 7 nitrogen and oxygen atoms in total. The van der Waals surface area contributed by atoms with Gasteiger partial charge in [-0.15, -0.1) is 0 Å². The molecule has 25 heavy (non-hydrogen) atoms. The fraction of sp³-hybridized carbons (Fsp3) is 0.353. The van der Waals surface area contributed by atoms with Crippen molar-refractivity contribution in [3.8, 4) is 11.5 Å². The van der Waals surface area contributed by atoms with Crippen LogP contribution in [0.25, 0.3) is 0 Å². The molecular weight excluding hydrogens is 344 g/mol. The van der Waals surface area contributed by atoms with Crippen LogP contribution in [0.2, 0.25) is 5.02 Å². The van der Waals surface area contributed by atoms with Crippen LogP contribution in [0.3, 0.4) is 0 Å². The molecule has 1 aromatic carbocycles. The lowest BCUT2D eigenvalue weighted by Gasteiger charge is -2.21. The van der Waals surface area contributed by atoms with Crippen molar-refractivity contribution < 1.29 is 14.3 Å². The minimum atomic E-state index is -0.401. The fourth-order valence-electron chi connectivity index (χ4n) is 2.08. The number of carbonyl (C=O) groups is 1. The van der Waals surface area contributed by atoms with Gasteiger partial charge >= 0.3 is 0 Å². The summed E-state index contributed by atoms with van der Waals surface area (Å²) in [6.07, 6.45) is 1.34. The lowest BCUT2D eigenvalue weighted by molar-refractivity contribution is 0.102. The number of hydrogen-bond donors (Lipinski definition) is 2. The molecular formula is C17H21ClN4O3. The molecule has 1 heterocycles. The highest BCUT2D eigenvalue weighted by atomic mass is 35.5. The number of ether oxygens (including phenoxy) is 2. The van der Waals surface area contributed by atoms with Crippen LogP contribution >= 0.6 is 11.6 Å². The summed E-state index contributed by atoms with van der Waals surface area (Å²) in [5, 5.41) is 6.33. The first-order valence-corrected chi connectivity index (χ1v) is 7.94. The van der Waals surface area contributed by atoms with E-state index in [0.717, 1.165) is 0 Å². The normalized spacial score (nSPS) is 11.0. The van der Waals surface area contributed by atoms with E-state index < -0.39 is 5.91 Å². The number of benzene rings is 1. The van der Waals surface area contributed by atoms with Gasteiger partial charge in [-0.05, 0) is 20.8 Å². The first-order valence-electron chi connectivity index (χ1n) is 7.56. The molecule has 134 valence electrons. The van der Waals surface area contributed by atoms with Crippen molar-refractivity contribution in [1.29, 1.82) is 0 Å². The standard InChI is InChI=1S/C17H21ClN4O3/c1-17(2,3)22-15-8-12(19-9-20-15)16(23)21-11-7-13(24-4)10(18)6-14(11)25-5/h6-9H,1-5H3,(H,21,23)(H,19,20,22). The average Bonchev–Trinajstić information content (AvgIpc) is 2.54. The van der Waals surface area contributed by atoms with Gasteiger partial charge < -0.3 is 20.1 Å². The minimum Gasteiger partial charge on any atom is -0.495 e. The molecule has 8 heteroatoms. The molecule has 0 radical (unpaired) electrons. The van der Waals surface area contributed by atoms with Gasteiger partial charge in [0, 0.05) is 23.7 Å². The molecule has 0 aliphatic rings. The molecule has 0 saturated carbocycles. The maximum atomic E-state index is 12.5. The van der Waals surface area contributed by atoms with Gasteiger partial charge in [-0.2, -0.15) is 0 Å². The highest BCUT2D eigenvalue weighted by Crippen LogP contribution is 2.36. The lowest BCUT2D eigenvalue weighted by Crippen LogP contribution is -2.27. The maximum Gasteiger partial charge on any atom is 0.274 e. The van der Waals surface area contributed by atoms with Gasteiger partial charge in [0.1, 0.15) is 29.3 Å². The summed E-state index contributed by atoms with van der Waals surface area (Å²) in [6, 6.07) is 4.75. The van der Waals surface area contributed by atoms with E-state index in [1.165, 1.54) is 20.5 Å². The number of carbonyl (C=O) groups excluding carboxylic acids is 1. The molecule has 1 aromatic heterocycles. The van der Waals surface area contributed by atoms with Gasteiger partial charge in [-0.3, -0.25) is 4.79 Å². The van der Waals surface area contributed by atoms with Gasteiger partial charge in [0.15, 0.2) is 0 Å². The molecule has 0 atom stereocenters. The lowest BCUT2D eigenvalue weighted by atomic mass is 10.1. The number of methoxy groups -OCH3 is 2. The number of nitrogens with one attached hydrogen (secondary N) is 2. The predicted molar refractivity (Wildman–Crippen MR) is 97.9 cm³/mol. The highest BCUT2D eigenvalue weighted by Gasteiger charge is 2.16. The summed E-state index contributed by atoms with van der Waals surface area (Å²) in [4.78, 5) is 20.7. The second-order valence-electron chi connectivity index (χ2n) is 6.30. The largest absolute Gasteiger partial charge is 0.495 e. The number of anilines is 2. The molecule has 0 aliphatic heterocycles. The Morgan fingerprint density at radius 3 is 2.36 bits per heavy atom. The van der Waals surface area contributed by atoms with E-state index >= 15 is 0 Å². The molecule has 0 unspecified atom stereocenters. The third-order valence-corrected chi connectivity index (χ3v) is 3.42. The Bertz CT molecular complexity index is 775. The van der Waals surface area contributed by atoms with E-state index in [9.17, 15) is 4.79 Å². The average molecular weight is 365 g/mol. The molecule has 0 fully saturated rings. The van der Waals surface area contributed by atoms with Gasteiger partial charge in [0.05, 0.1) is 24.9 Å². The molecule has 0 bridgehead atoms. The zero-order valence-corrected chi connectivity index (χ0v) is 15.6. The molecule has 2 N–H and O–H groups in total. The molecule has 2 rings (SSSR count). The van der Waals surface area contributed by atoms with Crippen LogP contribution in [0.1, 0.15) is 31.3 Å². The molecule has 1 amide bonds. The first kappa shape index (κ1) is 18.8. The Morgan fingerprint density at radius 2 is 1.76 bits per heavy atom. The topological polar surface area (TPSA) is 85.4 Å². The van der Waals surface area contributed by atoms with Crippen LogP contribution in [0.15, 0.2) is 24.5 Å². The Kier molecular flexibility index (Phi) is 5.69. The summed E-state index contributed by atoms with van der Waals surface area (Å²) in [7, 11) is 2.98. The number of nitrogens with zero attached hydrogens (tertiary/aromatic N) is 2. The van der Waals surface area contributed by atoms with Crippen LogP contribution in [0.5, 0.6) is 11.5 Å². The summed E-state index contributed by atoms with van der Waals surface area (Å²) < 4.78 is 10.4. The number of aromatic nitrogens is 2. The third kappa shape index (κ3) is 4.96. The van der Waals surface area contributed by atoms with Crippen molar-refractivity contribution in [2.45, 2.75) is 26.3 Å². The van der Waals surface area contributed by atoms with Gasteiger partial charge in [0.25, 0.3) is 5.91 Å². The predicted octanol–water partition coefficient (Wildman–Crippen LogP) is 3.61. The highest BCUT2D eigenvalue weighted by molar-refractivity contribution is 6.32. The summed E-state index contributed by atoms with van der Waals surface area (Å²) in [5.41, 5.74) is 0.463. The van der Waals surface area contributed by atoms with E-state index in [2.05, 4.69) is 20.6 Å². The number of hydrogen-bond acceptors (Lipinski definition) is 6. The van der Waals surface area contributed by atoms with Crippen molar-refractivity contribution in [3.63, 3.8) is 0 Å². The molecule has 0 spiro atoms. The van der Waals surface area contributed by atoms with Crippen LogP contribution in [-0.4, -0.2) is 35.6 Å². The second-order valence-corrected chi connectivity index (χ2v) is 6.71. The zero-order chi connectivity index (χ0) is 18.6. The molecule has 2 aromatic rings. The summed E-state index contributed by atoms with van der Waals surface area (Å²) in [5.74, 6) is 1.01. The Labute approximate surface area is 151 Å². The SMILES string of the molecule is COc1cc(NC(=O)c2cc(NC(C)(C)C)ncn2)c(OC)cc1Cl. The third-order valence-electron chi connectivity index (χ3n) is 3.12. The van der Waals surface area contributed by atoms with Crippen LogP contribution in [0, 0.1) is 0 Å². The van der Waals surface area contributed by atoms with E-state index in [1.807, 2.05) is 20.8 Å². The Morgan fingerprint density at radius 1 is 1.08 bits per heavy atom. The van der Waals surface area contributed by atoms with E-state index in [1.54, 1.807) is 18.2 Å². The van der Waals surface area contributed by atoms with Gasteiger partial charge in [0.2, 0.25) is 0 Å². The number of rotatable bonds is 5. The molecule has 0 aliphatic carbocycles. The Balaban J connectivity index is 2.27. The zero-order valence-electron chi connectivity index (χ0n) is 14.8. The van der Waals surface area contributed by atoms with Crippen molar-refractivity contribution >= 4 is 29.0 Å². The number of amides is 1. The monoisotopic (exact) mass is 364 g/mol. The quantitative estimate of drug-likeness (QED) is 0.843. The fourth-order valence-corrected chi connectivity index (χ4v) is 2.31. The smallest absolute Gasteiger partial charge is 0.274 e. The second kappa shape index (κ2) is 7.57. The van der Waals surface area contributed by atoms with E-state index in [0.29, 0.717) is 28.0 Å². The summed E-state index contributed by atoms with van der Waals surface area (Å²) in [6.45, 7) is 6.00. The van der Waals surface area contributed by atoms with Crippen LogP contribution in [-0.2, 0) is 0 Å². The van der Waals surface area contributed by atoms with E-state index in [-0.39, 0.29) is 11.2 Å². The van der Waals surface area contributed by atoms with Crippen molar-refractivity contribution in [3.05, 3.63) is 35.2 Å². The van der Waals surface area contributed by atoms with Crippen molar-refractivity contribution in [2.24, 2.45) is 0 Å². The minimum absolute atomic E-state index is 0.186. The van der Waals surface area contributed by atoms with Gasteiger partial charge in [-0.25, -0.2) is 9.97 Å². The summed E-state index contributed by atoms with van der Waals surface area (Å²) >= 11 is 6.07. The first-order chi connectivity index (χ1) is 11.7. The van der Waals surface area contributed by atoms with Crippen LogP contribution in [0.4, 0.5) is 11.5 Å². The molecule has 0 saturated heterocycles. The van der Waals surface area contributed by atoms with Crippen LogP contribution < -0.4 is 20.1 Å². The van der Waals surface area contributed by atoms with Crippen molar-refractivity contribution in [1.82, 2.24) is 9.97 Å². The number of halogens is 1.